The highest BCUT2D eigenvalue weighted by atomic mass is 79.9. The van der Waals surface area contributed by atoms with E-state index >= 15 is 0 Å². The fraction of sp³-hybridized carbons (Fsp3) is 0.706. The number of nitrogens with one attached hydrogen (secondary N) is 1. The van der Waals surface area contributed by atoms with Crippen molar-refractivity contribution in [3.05, 3.63) is 22.8 Å². The Bertz CT molecular complexity index is 477. The van der Waals surface area contributed by atoms with Gasteiger partial charge in [-0.2, -0.15) is 0 Å². The van der Waals surface area contributed by atoms with Crippen LogP contribution in [0.1, 0.15) is 26.7 Å². The summed E-state index contributed by atoms with van der Waals surface area (Å²) in [5.74, 6) is 1.95. The molecule has 0 bridgehead atoms. The molecule has 2 fully saturated rings. The fourth-order valence-electron chi connectivity index (χ4n) is 3.83. The highest BCUT2D eigenvalue weighted by Crippen LogP contribution is 2.25. The van der Waals surface area contributed by atoms with Crippen molar-refractivity contribution in [2.24, 2.45) is 5.92 Å². The van der Waals surface area contributed by atoms with Gasteiger partial charge in [-0.25, -0.2) is 4.98 Å². The van der Waals surface area contributed by atoms with Crippen LogP contribution in [0.2, 0.25) is 0 Å². The second-order valence-corrected chi connectivity index (χ2v) is 7.74. The molecule has 22 heavy (non-hydrogen) atoms. The van der Waals surface area contributed by atoms with Crippen LogP contribution in [-0.4, -0.2) is 54.7 Å². The predicted molar refractivity (Wildman–Crippen MR) is 95.4 cm³/mol. The van der Waals surface area contributed by atoms with Gasteiger partial charge in [-0.05, 0) is 57.8 Å². The van der Waals surface area contributed by atoms with Crippen molar-refractivity contribution in [2.45, 2.75) is 38.8 Å². The van der Waals surface area contributed by atoms with Crippen molar-refractivity contribution in [2.75, 3.05) is 37.6 Å². The van der Waals surface area contributed by atoms with E-state index in [9.17, 15) is 0 Å². The van der Waals surface area contributed by atoms with Gasteiger partial charge in [0.15, 0.2) is 0 Å². The number of piperidine rings is 1. The number of pyridine rings is 1. The van der Waals surface area contributed by atoms with Gasteiger partial charge in [0.2, 0.25) is 0 Å². The number of rotatable bonds is 3. The molecule has 2 aliphatic heterocycles. The zero-order valence-electron chi connectivity index (χ0n) is 13.6. The Morgan fingerprint density at radius 2 is 1.91 bits per heavy atom. The lowest BCUT2D eigenvalue weighted by atomic mass is 9.95. The third-order valence-corrected chi connectivity index (χ3v) is 5.55. The monoisotopic (exact) mass is 366 g/mol. The molecule has 1 aromatic rings. The first kappa shape index (κ1) is 16.2. The molecule has 5 heteroatoms. The smallest absolute Gasteiger partial charge is 0.129 e. The highest BCUT2D eigenvalue weighted by Gasteiger charge is 2.31. The molecular weight excluding hydrogens is 340 g/mol. The van der Waals surface area contributed by atoms with Crippen LogP contribution in [0.3, 0.4) is 0 Å². The SMILES string of the molecule is C[C@@H]1CN(c2cc(Br)ccn2)C[C@H](C)N1CC1CCNCC1. The molecule has 4 nitrogen and oxygen atoms in total. The fourth-order valence-corrected chi connectivity index (χ4v) is 4.16. The van der Waals surface area contributed by atoms with E-state index in [4.69, 9.17) is 0 Å². The Morgan fingerprint density at radius 1 is 1.23 bits per heavy atom. The summed E-state index contributed by atoms with van der Waals surface area (Å²) < 4.78 is 1.11. The average Bonchev–Trinajstić information content (AvgIpc) is 2.52. The number of hydrogen-bond acceptors (Lipinski definition) is 4. The normalized spacial score (nSPS) is 28.0. The van der Waals surface area contributed by atoms with Crippen LogP contribution in [0, 0.1) is 5.92 Å². The van der Waals surface area contributed by atoms with E-state index in [1.165, 1.54) is 32.5 Å². The lowest BCUT2D eigenvalue weighted by Gasteiger charge is -2.46. The highest BCUT2D eigenvalue weighted by molar-refractivity contribution is 9.10. The number of nitrogens with zero attached hydrogens (tertiary/aromatic N) is 3. The molecule has 2 atom stereocenters. The third-order valence-electron chi connectivity index (χ3n) is 5.06. The molecular formula is C17H27BrN4. The van der Waals surface area contributed by atoms with Crippen molar-refractivity contribution >= 4 is 21.7 Å². The molecule has 0 spiro atoms. The van der Waals surface area contributed by atoms with Crippen LogP contribution in [-0.2, 0) is 0 Å². The quantitative estimate of drug-likeness (QED) is 0.890. The van der Waals surface area contributed by atoms with E-state index in [2.05, 4.69) is 55.9 Å². The second-order valence-electron chi connectivity index (χ2n) is 6.83. The van der Waals surface area contributed by atoms with E-state index in [1.54, 1.807) is 0 Å². The summed E-state index contributed by atoms with van der Waals surface area (Å²) in [7, 11) is 0. The molecule has 0 radical (unpaired) electrons. The van der Waals surface area contributed by atoms with E-state index in [1.807, 2.05) is 12.3 Å². The number of halogens is 1. The minimum absolute atomic E-state index is 0.583. The number of piperazine rings is 1. The topological polar surface area (TPSA) is 31.4 Å². The Hall–Kier alpha value is -0.650. The van der Waals surface area contributed by atoms with Crippen LogP contribution in [0.15, 0.2) is 22.8 Å². The number of aromatic nitrogens is 1. The minimum atomic E-state index is 0.583. The van der Waals surface area contributed by atoms with E-state index in [0.29, 0.717) is 12.1 Å². The first-order chi connectivity index (χ1) is 10.6. The number of hydrogen-bond donors (Lipinski definition) is 1. The molecule has 3 heterocycles. The van der Waals surface area contributed by atoms with Gasteiger partial charge in [0.25, 0.3) is 0 Å². The lowest BCUT2D eigenvalue weighted by molar-refractivity contribution is 0.0999. The molecule has 0 amide bonds. The van der Waals surface area contributed by atoms with Crippen LogP contribution in [0.4, 0.5) is 5.82 Å². The second kappa shape index (κ2) is 7.28. The largest absolute Gasteiger partial charge is 0.353 e. The van der Waals surface area contributed by atoms with E-state index in [0.717, 1.165) is 29.3 Å². The maximum absolute atomic E-state index is 4.54. The lowest BCUT2D eigenvalue weighted by Crippen LogP contribution is -2.58. The van der Waals surface area contributed by atoms with Crippen molar-refractivity contribution < 1.29 is 0 Å². The Morgan fingerprint density at radius 3 is 2.55 bits per heavy atom. The molecule has 122 valence electrons. The Labute approximate surface area is 142 Å². The van der Waals surface area contributed by atoms with Crippen LogP contribution in [0.5, 0.6) is 0 Å². The predicted octanol–water partition coefficient (Wildman–Crippen LogP) is 2.74. The maximum atomic E-state index is 4.54. The Balaban J connectivity index is 1.63. The van der Waals surface area contributed by atoms with Gasteiger partial charge in [-0.15, -0.1) is 0 Å². The molecule has 2 saturated heterocycles. The van der Waals surface area contributed by atoms with Gasteiger partial charge in [0, 0.05) is 42.4 Å². The van der Waals surface area contributed by atoms with E-state index < -0.39 is 0 Å². The summed E-state index contributed by atoms with van der Waals surface area (Å²) in [4.78, 5) is 9.68. The van der Waals surface area contributed by atoms with Crippen molar-refractivity contribution in [3.8, 4) is 0 Å². The number of anilines is 1. The third kappa shape index (κ3) is 3.81. The standard InChI is InChI=1S/C17H27BrN4/c1-13-10-21(17-9-16(18)5-8-20-17)11-14(2)22(13)12-15-3-6-19-7-4-15/h5,8-9,13-15,19H,3-4,6-7,10-12H2,1-2H3/t13-,14+. The molecule has 1 N–H and O–H groups in total. The van der Waals surface area contributed by atoms with Crippen LogP contribution in [0.25, 0.3) is 0 Å². The van der Waals surface area contributed by atoms with Gasteiger partial charge in [0.05, 0.1) is 0 Å². The van der Waals surface area contributed by atoms with E-state index in [-0.39, 0.29) is 0 Å². The van der Waals surface area contributed by atoms with Crippen LogP contribution >= 0.6 is 15.9 Å². The molecule has 0 unspecified atom stereocenters. The van der Waals surface area contributed by atoms with Gasteiger partial charge in [-0.3, -0.25) is 4.90 Å². The summed E-state index contributed by atoms with van der Waals surface area (Å²) in [6, 6.07) is 5.28. The average molecular weight is 367 g/mol. The van der Waals surface area contributed by atoms with Crippen molar-refractivity contribution in [1.29, 1.82) is 0 Å². The molecule has 3 rings (SSSR count). The molecule has 1 aromatic heterocycles. The van der Waals surface area contributed by atoms with Crippen LogP contribution < -0.4 is 10.2 Å². The summed E-state index contributed by atoms with van der Waals surface area (Å²) in [6.07, 6.45) is 4.54. The first-order valence-electron chi connectivity index (χ1n) is 8.46. The van der Waals surface area contributed by atoms with Gasteiger partial charge < -0.3 is 10.2 Å². The van der Waals surface area contributed by atoms with Gasteiger partial charge in [-0.1, -0.05) is 15.9 Å². The van der Waals surface area contributed by atoms with Crippen molar-refractivity contribution in [1.82, 2.24) is 15.2 Å². The Kier molecular flexibility index (Phi) is 5.37. The van der Waals surface area contributed by atoms with Crippen molar-refractivity contribution in [3.63, 3.8) is 0 Å². The van der Waals surface area contributed by atoms with Gasteiger partial charge in [0.1, 0.15) is 5.82 Å². The molecule has 0 saturated carbocycles. The summed E-state index contributed by atoms with van der Waals surface area (Å²) >= 11 is 3.55. The zero-order valence-corrected chi connectivity index (χ0v) is 15.2. The minimum Gasteiger partial charge on any atom is -0.353 e. The van der Waals surface area contributed by atoms with Gasteiger partial charge >= 0.3 is 0 Å². The first-order valence-corrected chi connectivity index (χ1v) is 9.25. The summed E-state index contributed by atoms with van der Waals surface area (Å²) in [6.45, 7) is 10.5. The molecule has 2 aliphatic rings. The maximum Gasteiger partial charge on any atom is 0.129 e. The molecule has 0 aromatic carbocycles. The summed E-state index contributed by atoms with van der Waals surface area (Å²) in [5.41, 5.74) is 0. The summed E-state index contributed by atoms with van der Waals surface area (Å²) in [5, 5.41) is 3.47. The zero-order chi connectivity index (χ0) is 15.5. The molecule has 0 aliphatic carbocycles.